The number of nitrogens with two attached hydrogens (primary N) is 1. The molecule has 5 nitrogen and oxygen atoms in total. The van der Waals surface area contributed by atoms with Crippen molar-refractivity contribution >= 4 is 11.8 Å². The van der Waals surface area contributed by atoms with E-state index in [9.17, 15) is 0 Å². The lowest BCUT2D eigenvalue weighted by Crippen LogP contribution is -2.51. The van der Waals surface area contributed by atoms with Crippen molar-refractivity contribution in [2.24, 2.45) is 5.84 Å². The largest absolute Gasteiger partial charge is 0.497 e. The average molecular weight is 411 g/mol. The monoisotopic (exact) mass is 410 g/mol. The van der Waals surface area contributed by atoms with E-state index in [0.29, 0.717) is 6.04 Å². The van der Waals surface area contributed by atoms with E-state index in [1.165, 1.54) is 11.3 Å². The predicted octanol–water partition coefficient (Wildman–Crippen LogP) is 4.36. The van der Waals surface area contributed by atoms with Crippen molar-refractivity contribution in [2.45, 2.75) is 66.1 Å². The first-order valence-corrected chi connectivity index (χ1v) is 11.7. The third-order valence-electron chi connectivity index (χ3n) is 4.41. The molecule has 0 bridgehead atoms. The zero-order valence-corrected chi connectivity index (χ0v) is 19.6. The van der Waals surface area contributed by atoms with Crippen molar-refractivity contribution in [1.82, 2.24) is 15.6 Å². The molecule has 0 aliphatic carbocycles. The average Bonchev–Trinajstić information content (AvgIpc) is 2.77. The zero-order chi connectivity index (χ0) is 21.4. The molecule has 2 atom stereocenters. The Balaban J connectivity index is 0.00000171. The van der Waals surface area contributed by atoms with Crippen molar-refractivity contribution in [1.29, 1.82) is 0 Å². The highest BCUT2D eigenvalue weighted by Gasteiger charge is 2.21. The second-order valence-corrected chi connectivity index (χ2v) is 7.16. The molecular weight excluding hydrogens is 368 g/mol. The highest BCUT2D eigenvalue weighted by molar-refractivity contribution is 7.99. The topological polar surface area (TPSA) is 62.5 Å². The van der Waals surface area contributed by atoms with Crippen LogP contribution in [0.2, 0.25) is 0 Å². The first-order chi connectivity index (χ1) is 13.6. The van der Waals surface area contributed by atoms with Crippen molar-refractivity contribution < 1.29 is 4.74 Å². The minimum atomic E-state index is 0.256. The fourth-order valence-corrected chi connectivity index (χ4v) is 3.74. The number of hydrazine groups is 1. The van der Waals surface area contributed by atoms with Gasteiger partial charge in [0.15, 0.2) is 0 Å². The number of nitrogens with zero attached hydrogens (tertiary/aromatic N) is 1. The van der Waals surface area contributed by atoms with Crippen LogP contribution in [-0.4, -0.2) is 42.4 Å². The molecule has 28 heavy (non-hydrogen) atoms. The zero-order valence-electron chi connectivity index (χ0n) is 18.8. The molecule has 1 aliphatic rings. The van der Waals surface area contributed by atoms with E-state index in [1.54, 1.807) is 7.11 Å². The van der Waals surface area contributed by atoms with E-state index in [2.05, 4.69) is 36.3 Å². The third-order valence-corrected chi connectivity index (χ3v) is 5.42. The Morgan fingerprint density at radius 1 is 1.29 bits per heavy atom. The smallest absolute Gasteiger partial charge is 0.118 e. The van der Waals surface area contributed by atoms with Crippen LogP contribution in [0.1, 0.15) is 53.0 Å². The second-order valence-electron chi connectivity index (χ2n) is 6.09. The molecule has 0 spiro atoms. The molecule has 1 aromatic carbocycles. The van der Waals surface area contributed by atoms with Gasteiger partial charge in [0.2, 0.25) is 0 Å². The number of nitrogens with one attached hydrogen (secondary N) is 2. The molecule has 162 valence electrons. The van der Waals surface area contributed by atoms with E-state index in [-0.39, 0.29) is 6.04 Å². The SMILES string of the molecule is C=C(NCc1ccc(OC)cc1)C(CC)NCC1CCSCN1N.CC.CC. The standard InChI is InChI=1S/C18H30N4OS.2C2H6/c1-4-18(21-12-16-9-10-24-13-22(16)19)14(2)20-11-15-5-7-17(23-3)8-6-15;2*1-2/h5-8,16,18,20-21H,2,4,9-13,19H2,1,3H3;2*1-2H3. The van der Waals surface area contributed by atoms with Crippen LogP contribution in [-0.2, 0) is 6.54 Å². The van der Waals surface area contributed by atoms with Gasteiger partial charge in [-0.25, -0.2) is 5.01 Å². The highest BCUT2D eigenvalue weighted by Crippen LogP contribution is 2.17. The van der Waals surface area contributed by atoms with Crippen LogP contribution in [0.4, 0.5) is 0 Å². The number of thioether (sulfide) groups is 1. The van der Waals surface area contributed by atoms with Gasteiger partial charge in [0.25, 0.3) is 0 Å². The van der Waals surface area contributed by atoms with Crippen molar-refractivity contribution in [3.63, 3.8) is 0 Å². The molecule has 2 unspecified atom stereocenters. The van der Waals surface area contributed by atoms with Gasteiger partial charge in [-0.2, -0.15) is 0 Å². The molecule has 1 aromatic rings. The predicted molar refractivity (Wildman–Crippen MR) is 126 cm³/mol. The summed E-state index contributed by atoms with van der Waals surface area (Å²) in [6, 6.07) is 8.76. The maximum atomic E-state index is 6.07. The van der Waals surface area contributed by atoms with Gasteiger partial charge in [-0.15, -0.1) is 11.8 Å². The summed E-state index contributed by atoms with van der Waals surface area (Å²) in [4.78, 5) is 0. The molecule has 6 heteroatoms. The number of methoxy groups -OCH3 is 1. The first kappa shape index (κ1) is 26.8. The Morgan fingerprint density at radius 2 is 1.93 bits per heavy atom. The third kappa shape index (κ3) is 9.82. The lowest BCUT2D eigenvalue weighted by molar-refractivity contribution is 0.214. The van der Waals surface area contributed by atoms with Crippen molar-refractivity contribution in [2.75, 3.05) is 25.3 Å². The lowest BCUT2D eigenvalue weighted by atomic mass is 10.1. The Morgan fingerprint density at radius 3 is 2.46 bits per heavy atom. The van der Waals surface area contributed by atoms with Crippen molar-refractivity contribution in [3.05, 3.63) is 42.1 Å². The van der Waals surface area contributed by atoms with E-state index in [4.69, 9.17) is 10.6 Å². The summed E-state index contributed by atoms with van der Waals surface area (Å²) in [5, 5.41) is 9.00. The minimum Gasteiger partial charge on any atom is -0.497 e. The summed E-state index contributed by atoms with van der Waals surface area (Å²) in [6.07, 6.45) is 2.14. The van der Waals surface area contributed by atoms with E-state index in [1.807, 2.05) is 56.6 Å². The number of rotatable bonds is 9. The molecule has 2 rings (SSSR count). The Hall–Kier alpha value is -1.21. The van der Waals surface area contributed by atoms with Gasteiger partial charge >= 0.3 is 0 Å². The molecular formula is C22H42N4OS. The summed E-state index contributed by atoms with van der Waals surface area (Å²) < 4.78 is 5.18. The summed E-state index contributed by atoms with van der Waals surface area (Å²) in [6.45, 7) is 16.1. The normalized spacial score (nSPS) is 17.3. The molecule has 1 saturated heterocycles. The van der Waals surface area contributed by atoms with Gasteiger partial charge in [0.05, 0.1) is 13.0 Å². The van der Waals surface area contributed by atoms with Crippen LogP contribution < -0.4 is 21.2 Å². The Labute approximate surface area is 177 Å². The Kier molecular flexibility index (Phi) is 16.0. The minimum absolute atomic E-state index is 0.256. The summed E-state index contributed by atoms with van der Waals surface area (Å²) in [5.41, 5.74) is 2.24. The number of hydrogen-bond acceptors (Lipinski definition) is 6. The van der Waals surface area contributed by atoms with Crippen LogP contribution in [0.25, 0.3) is 0 Å². The Bertz CT molecular complexity index is 510. The quantitative estimate of drug-likeness (QED) is 0.526. The first-order valence-electron chi connectivity index (χ1n) is 10.5. The molecule has 0 radical (unpaired) electrons. The fraction of sp³-hybridized carbons (Fsp3) is 0.636. The number of benzene rings is 1. The van der Waals surface area contributed by atoms with Gasteiger partial charge in [-0.1, -0.05) is 53.3 Å². The molecule has 4 N–H and O–H groups in total. The van der Waals surface area contributed by atoms with Gasteiger partial charge in [-0.3, -0.25) is 5.84 Å². The van der Waals surface area contributed by atoms with Gasteiger partial charge < -0.3 is 15.4 Å². The van der Waals surface area contributed by atoms with E-state index >= 15 is 0 Å². The van der Waals surface area contributed by atoms with Gasteiger partial charge in [0.1, 0.15) is 5.75 Å². The van der Waals surface area contributed by atoms with Crippen LogP contribution in [0.3, 0.4) is 0 Å². The molecule has 1 heterocycles. The van der Waals surface area contributed by atoms with Gasteiger partial charge in [-0.05, 0) is 36.3 Å². The molecule has 0 saturated carbocycles. The summed E-state index contributed by atoms with van der Waals surface area (Å²) in [5.74, 6) is 9.05. The van der Waals surface area contributed by atoms with E-state index < -0.39 is 0 Å². The maximum absolute atomic E-state index is 6.07. The lowest BCUT2D eigenvalue weighted by Gasteiger charge is -2.33. The van der Waals surface area contributed by atoms with E-state index in [0.717, 1.165) is 43.3 Å². The maximum Gasteiger partial charge on any atom is 0.118 e. The molecule has 0 amide bonds. The second kappa shape index (κ2) is 16.7. The fourth-order valence-electron chi connectivity index (χ4n) is 2.75. The van der Waals surface area contributed by atoms with Crippen LogP contribution in [0, 0.1) is 0 Å². The number of ether oxygens (including phenoxy) is 1. The van der Waals surface area contributed by atoms with Crippen molar-refractivity contribution in [3.8, 4) is 5.75 Å². The molecule has 1 fully saturated rings. The molecule has 0 aromatic heterocycles. The van der Waals surface area contributed by atoms with Crippen LogP contribution in [0.5, 0.6) is 5.75 Å². The van der Waals surface area contributed by atoms with Crippen LogP contribution >= 0.6 is 11.8 Å². The van der Waals surface area contributed by atoms with Gasteiger partial charge in [0, 0.05) is 30.9 Å². The summed E-state index contributed by atoms with van der Waals surface area (Å²) >= 11 is 1.90. The molecule has 1 aliphatic heterocycles. The van der Waals surface area contributed by atoms with Crippen LogP contribution in [0.15, 0.2) is 36.5 Å². The summed E-state index contributed by atoms with van der Waals surface area (Å²) in [7, 11) is 1.68. The highest BCUT2D eigenvalue weighted by atomic mass is 32.2. The number of hydrogen-bond donors (Lipinski definition) is 3.